The fourth-order valence-corrected chi connectivity index (χ4v) is 3.64. The Morgan fingerprint density at radius 2 is 1.87 bits per heavy atom. The van der Waals surface area contributed by atoms with Gasteiger partial charge in [-0.2, -0.15) is 10.1 Å². The number of hydrogen-bond acceptors (Lipinski definition) is 4. The molecule has 0 spiro atoms. The second-order valence-corrected chi connectivity index (χ2v) is 6.78. The number of ketones is 1. The number of hydrazone groups is 1. The molecule has 4 nitrogen and oxygen atoms in total. The molecule has 1 atom stereocenters. The third-order valence-corrected chi connectivity index (χ3v) is 5.10. The molecule has 1 aliphatic rings. The average molecular weight is 326 g/mol. The smallest absolute Gasteiger partial charge is 0.263 e. The summed E-state index contributed by atoms with van der Waals surface area (Å²) in [5.74, 6) is -1.10. The van der Waals surface area contributed by atoms with Crippen molar-refractivity contribution in [2.75, 3.05) is 5.01 Å². The van der Waals surface area contributed by atoms with Gasteiger partial charge in [-0.3, -0.25) is 9.59 Å². The molecule has 2 heterocycles. The second-order valence-electron chi connectivity index (χ2n) is 5.52. The van der Waals surface area contributed by atoms with Crippen molar-refractivity contribution in [2.24, 2.45) is 11.0 Å². The van der Waals surface area contributed by atoms with Crippen molar-refractivity contribution in [2.45, 2.75) is 26.7 Å². The largest absolute Gasteiger partial charge is 0.298 e. The molecule has 0 radical (unpaired) electrons. The predicted molar refractivity (Wildman–Crippen MR) is 92.9 cm³/mol. The van der Waals surface area contributed by atoms with Crippen LogP contribution in [-0.2, 0) is 22.4 Å². The van der Waals surface area contributed by atoms with Crippen LogP contribution < -0.4 is 5.01 Å². The molecular weight excluding hydrogens is 308 g/mol. The van der Waals surface area contributed by atoms with Gasteiger partial charge in [-0.15, -0.1) is 11.3 Å². The molecule has 0 aliphatic carbocycles. The number of carbonyl (C=O) groups excluding carboxylic acids is 2. The third-order valence-electron chi connectivity index (χ3n) is 3.87. The Morgan fingerprint density at radius 1 is 1.17 bits per heavy atom. The van der Waals surface area contributed by atoms with Crippen LogP contribution in [-0.4, -0.2) is 17.4 Å². The quantitative estimate of drug-likeness (QED) is 0.790. The summed E-state index contributed by atoms with van der Waals surface area (Å²) in [5, 5.41) is 5.63. The zero-order valence-electron chi connectivity index (χ0n) is 13.2. The predicted octanol–water partition coefficient (Wildman–Crippen LogP) is 3.46. The number of rotatable bonds is 5. The molecule has 23 heavy (non-hydrogen) atoms. The molecule has 0 N–H and O–H groups in total. The van der Waals surface area contributed by atoms with Gasteiger partial charge in [-0.25, -0.2) is 0 Å². The van der Waals surface area contributed by atoms with Crippen molar-refractivity contribution in [3.63, 3.8) is 0 Å². The third kappa shape index (κ3) is 3.10. The number of amides is 1. The fourth-order valence-electron chi connectivity index (χ4n) is 2.67. The summed E-state index contributed by atoms with van der Waals surface area (Å²) in [6.45, 7) is 3.84. The molecule has 0 fully saturated rings. The maximum Gasteiger partial charge on any atom is 0.263 e. The maximum atomic E-state index is 12.6. The van der Waals surface area contributed by atoms with Gasteiger partial charge in [0.05, 0.1) is 11.4 Å². The van der Waals surface area contributed by atoms with Gasteiger partial charge in [0, 0.05) is 16.2 Å². The van der Waals surface area contributed by atoms with Crippen molar-refractivity contribution in [3.8, 4) is 0 Å². The van der Waals surface area contributed by atoms with Gasteiger partial charge < -0.3 is 0 Å². The zero-order chi connectivity index (χ0) is 16.4. The van der Waals surface area contributed by atoms with Crippen LogP contribution in [0, 0.1) is 5.92 Å². The highest BCUT2D eigenvalue weighted by molar-refractivity contribution is 7.12. The van der Waals surface area contributed by atoms with Crippen molar-refractivity contribution >= 4 is 34.4 Å². The summed E-state index contributed by atoms with van der Waals surface area (Å²) in [6, 6.07) is 13.2. The van der Waals surface area contributed by atoms with Crippen LogP contribution in [0.4, 0.5) is 5.69 Å². The highest BCUT2D eigenvalue weighted by atomic mass is 32.1. The molecule has 1 amide bonds. The van der Waals surface area contributed by atoms with Crippen LogP contribution in [0.25, 0.3) is 0 Å². The van der Waals surface area contributed by atoms with E-state index in [0.717, 1.165) is 11.3 Å². The topological polar surface area (TPSA) is 49.7 Å². The molecular formula is C18H18N2O2S. The number of hydrogen-bond donors (Lipinski definition) is 0. The average Bonchev–Trinajstić information content (AvgIpc) is 3.12. The van der Waals surface area contributed by atoms with E-state index in [-0.39, 0.29) is 18.1 Å². The molecule has 1 aliphatic heterocycles. The van der Waals surface area contributed by atoms with E-state index in [2.05, 4.69) is 12.0 Å². The van der Waals surface area contributed by atoms with Gasteiger partial charge in [0.1, 0.15) is 5.92 Å². The highest BCUT2D eigenvalue weighted by Gasteiger charge is 2.39. The van der Waals surface area contributed by atoms with E-state index in [1.165, 1.54) is 9.89 Å². The standard InChI is InChI=1S/C18H18N2O2S/c1-3-14-9-10-15(23-14)11-16(21)17-12(2)19-20(18(17)22)13-7-5-4-6-8-13/h4-10,17H,3,11H2,1-2H3. The first-order chi connectivity index (χ1) is 11.1. The van der Waals surface area contributed by atoms with Crippen LogP contribution in [0.5, 0.6) is 0 Å². The first-order valence-corrected chi connectivity index (χ1v) is 8.46. The lowest BCUT2D eigenvalue weighted by atomic mass is 9.96. The minimum Gasteiger partial charge on any atom is -0.298 e. The summed E-state index contributed by atoms with van der Waals surface area (Å²) in [7, 11) is 0. The van der Waals surface area contributed by atoms with Crippen LogP contribution in [0.3, 0.4) is 0 Å². The second kappa shape index (κ2) is 6.46. The fraction of sp³-hybridized carbons (Fsp3) is 0.278. The van der Waals surface area contributed by atoms with Crippen LogP contribution in [0.2, 0.25) is 0 Å². The summed E-state index contributed by atoms with van der Waals surface area (Å²) < 4.78 is 0. The molecule has 1 unspecified atom stereocenters. The molecule has 2 aromatic rings. The van der Waals surface area contributed by atoms with Crippen molar-refractivity contribution in [1.29, 1.82) is 0 Å². The number of para-hydroxylation sites is 1. The highest BCUT2D eigenvalue weighted by Crippen LogP contribution is 2.26. The number of thiophene rings is 1. The minimum absolute atomic E-state index is 0.0841. The number of anilines is 1. The van der Waals surface area contributed by atoms with Crippen LogP contribution >= 0.6 is 11.3 Å². The number of aryl methyl sites for hydroxylation is 1. The lowest BCUT2D eigenvalue weighted by Crippen LogP contribution is -2.33. The maximum absolute atomic E-state index is 12.6. The van der Waals surface area contributed by atoms with E-state index >= 15 is 0 Å². The van der Waals surface area contributed by atoms with E-state index in [1.807, 2.05) is 42.5 Å². The van der Waals surface area contributed by atoms with E-state index < -0.39 is 5.92 Å². The van der Waals surface area contributed by atoms with Crippen molar-refractivity contribution < 1.29 is 9.59 Å². The Morgan fingerprint density at radius 3 is 2.52 bits per heavy atom. The monoisotopic (exact) mass is 326 g/mol. The first kappa shape index (κ1) is 15.6. The number of benzene rings is 1. The normalized spacial score (nSPS) is 17.5. The Balaban J connectivity index is 1.77. The summed E-state index contributed by atoms with van der Waals surface area (Å²) in [5.41, 5.74) is 1.26. The van der Waals surface area contributed by atoms with E-state index in [1.54, 1.807) is 18.3 Å². The van der Waals surface area contributed by atoms with E-state index in [9.17, 15) is 9.59 Å². The summed E-state index contributed by atoms with van der Waals surface area (Å²) >= 11 is 1.63. The SMILES string of the molecule is CCc1ccc(CC(=O)C2C(=O)N(c3ccccc3)N=C2C)s1. The molecule has 1 aromatic heterocycles. The van der Waals surface area contributed by atoms with Crippen LogP contribution in [0.1, 0.15) is 23.6 Å². The first-order valence-electron chi connectivity index (χ1n) is 7.64. The lowest BCUT2D eigenvalue weighted by molar-refractivity contribution is -0.128. The van der Waals surface area contributed by atoms with Gasteiger partial charge in [-0.05, 0) is 37.6 Å². The summed E-state index contributed by atoms with van der Waals surface area (Å²) in [6.07, 6.45) is 1.25. The Hall–Kier alpha value is -2.27. The summed E-state index contributed by atoms with van der Waals surface area (Å²) in [4.78, 5) is 27.4. The van der Waals surface area contributed by atoms with Gasteiger partial charge in [0.25, 0.3) is 5.91 Å². The number of Topliss-reactive ketones (excluding diaryl/α,β-unsaturated/α-hetero) is 1. The Labute approximate surface area is 139 Å². The van der Waals surface area contributed by atoms with Gasteiger partial charge in [0.2, 0.25) is 0 Å². The van der Waals surface area contributed by atoms with E-state index in [4.69, 9.17) is 0 Å². The Kier molecular flexibility index (Phi) is 4.39. The Bertz CT molecular complexity index is 764. The number of carbonyl (C=O) groups is 2. The number of nitrogens with zero attached hydrogens (tertiary/aromatic N) is 2. The zero-order valence-corrected chi connectivity index (χ0v) is 14.0. The molecule has 1 aromatic carbocycles. The molecule has 0 saturated carbocycles. The van der Waals surface area contributed by atoms with Gasteiger partial charge in [0.15, 0.2) is 5.78 Å². The van der Waals surface area contributed by atoms with E-state index in [0.29, 0.717) is 11.4 Å². The molecule has 0 saturated heterocycles. The minimum atomic E-state index is -0.762. The molecule has 118 valence electrons. The molecule has 0 bridgehead atoms. The van der Waals surface area contributed by atoms with Gasteiger partial charge in [-0.1, -0.05) is 25.1 Å². The molecule has 3 rings (SSSR count). The lowest BCUT2D eigenvalue weighted by Gasteiger charge is -2.13. The van der Waals surface area contributed by atoms with Gasteiger partial charge >= 0.3 is 0 Å². The van der Waals surface area contributed by atoms with Crippen LogP contribution in [0.15, 0.2) is 47.6 Å². The molecule has 5 heteroatoms. The van der Waals surface area contributed by atoms with Crippen molar-refractivity contribution in [1.82, 2.24) is 0 Å². The van der Waals surface area contributed by atoms with Crippen molar-refractivity contribution in [3.05, 3.63) is 52.2 Å².